The average Bonchev–Trinajstić information content (AvgIpc) is 1.98. The zero-order valence-corrected chi connectivity index (χ0v) is 9.57. The normalized spacial score (nSPS) is 13.4. The molecule has 0 bridgehead atoms. The fourth-order valence-corrected chi connectivity index (χ4v) is 1.24. The second-order valence-corrected chi connectivity index (χ2v) is 4.81. The van der Waals surface area contributed by atoms with Crippen molar-refractivity contribution in [3.05, 3.63) is 0 Å². The van der Waals surface area contributed by atoms with E-state index in [1.807, 2.05) is 0 Å². The van der Waals surface area contributed by atoms with Gasteiger partial charge in [0, 0.05) is 0 Å². The van der Waals surface area contributed by atoms with Crippen molar-refractivity contribution >= 4 is 46.7 Å². The zero-order valence-electron chi connectivity index (χ0n) is 7.30. The number of carboxylic acid groups (broad SMARTS) is 1. The molecule has 0 spiro atoms. The van der Waals surface area contributed by atoms with Crippen LogP contribution in [-0.4, -0.2) is 27.4 Å². The second kappa shape index (κ2) is 5.63. The Balaban J connectivity index is 4.40. The molecular weight excluding hydrogens is 254 g/mol. The Hall–Kier alpha value is -0.190. The first kappa shape index (κ1) is 13.8. The number of esters is 1. The molecule has 0 aliphatic heterocycles. The predicted octanol–water partition coefficient (Wildman–Crippen LogP) is 2.01. The van der Waals surface area contributed by atoms with Crippen LogP contribution >= 0.6 is 34.8 Å². The van der Waals surface area contributed by atoms with E-state index >= 15 is 0 Å². The lowest BCUT2D eigenvalue weighted by atomic mass is 10.1. The minimum Gasteiger partial charge on any atom is -0.481 e. The topological polar surface area (TPSA) is 63.6 Å². The molecule has 82 valence electrons. The SMILES string of the molecule is CCOC(=O)CC(C(=O)O)C(Cl)(Cl)Cl. The third-order valence-corrected chi connectivity index (χ3v) is 2.16. The van der Waals surface area contributed by atoms with E-state index in [1.165, 1.54) is 0 Å². The van der Waals surface area contributed by atoms with Gasteiger partial charge in [0.1, 0.15) is 5.92 Å². The maximum atomic E-state index is 10.9. The van der Waals surface area contributed by atoms with Crippen molar-refractivity contribution < 1.29 is 19.4 Å². The number of alkyl halides is 3. The van der Waals surface area contributed by atoms with Crippen molar-refractivity contribution in [1.82, 2.24) is 0 Å². The van der Waals surface area contributed by atoms with Crippen LogP contribution in [0.5, 0.6) is 0 Å². The molecule has 0 saturated carbocycles. The molecule has 1 atom stereocenters. The molecule has 1 N–H and O–H groups in total. The summed E-state index contributed by atoms with van der Waals surface area (Å²) in [5, 5.41) is 8.66. The fourth-order valence-electron chi connectivity index (χ4n) is 0.730. The van der Waals surface area contributed by atoms with Gasteiger partial charge in [-0.05, 0) is 6.92 Å². The molecule has 0 heterocycles. The largest absolute Gasteiger partial charge is 0.481 e. The average molecular weight is 264 g/mol. The van der Waals surface area contributed by atoms with E-state index in [2.05, 4.69) is 4.74 Å². The van der Waals surface area contributed by atoms with Crippen LogP contribution in [-0.2, 0) is 14.3 Å². The molecule has 0 aromatic carbocycles. The first-order chi connectivity index (χ1) is 6.29. The lowest BCUT2D eigenvalue weighted by Gasteiger charge is -2.18. The van der Waals surface area contributed by atoms with Crippen LogP contribution in [0.2, 0.25) is 0 Å². The van der Waals surface area contributed by atoms with Gasteiger partial charge < -0.3 is 9.84 Å². The van der Waals surface area contributed by atoms with Gasteiger partial charge in [0.2, 0.25) is 3.79 Å². The highest BCUT2D eigenvalue weighted by atomic mass is 35.6. The van der Waals surface area contributed by atoms with Gasteiger partial charge in [-0.15, -0.1) is 0 Å². The van der Waals surface area contributed by atoms with E-state index < -0.39 is 28.1 Å². The minimum absolute atomic E-state index is 0.158. The lowest BCUT2D eigenvalue weighted by Crippen LogP contribution is -2.30. The Labute approximate surface area is 96.1 Å². The third-order valence-electron chi connectivity index (χ3n) is 1.37. The van der Waals surface area contributed by atoms with Crippen LogP contribution in [0.15, 0.2) is 0 Å². The summed E-state index contributed by atoms with van der Waals surface area (Å²) in [5.41, 5.74) is 0. The van der Waals surface area contributed by atoms with Gasteiger partial charge in [-0.2, -0.15) is 0 Å². The number of ether oxygens (including phenoxy) is 1. The zero-order chi connectivity index (χ0) is 11.4. The van der Waals surface area contributed by atoms with Gasteiger partial charge in [0.15, 0.2) is 0 Å². The molecule has 0 radical (unpaired) electrons. The smallest absolute Gasteiger partial charge is 0.311 e. The molecule has 7 heteroatoms. The summed E-state index contributed by atoms with van der Waals surface area (Å²) in [6, 6.07) is 0. The van der Waals surface area contributed by atoms with Crippen molar-refractivity contribution in [3.8, 4) is 0 Å². The van der Waals surface area contributed by atoms with Gasteiger partial charge in [-0.1, -0.05) is 34.8 Å². The number of aliphatic carboxylic acids is 1. The first-order valence-corrected chi connectivity index (χ1v) is 4.87. The molecule has 0 amide bonds. The predicted molar refractivity (Wildman–Crippen MR) is 52.7 cm³/mol. The van der Waals surface area contributed by atoms with Crippen LogP contribution in [0.3, 0.4) is 0 Å². The van der Waals surface area contributed by atoms with Gasteiger partial charge in [0.25, 0.3) is 0 Å². The minimum atomic E-state index is -2.02. The molecule has 0 aromatic rings. The van der Waals surface area contributed by atoms with Crippen molar-refractivity contribution in [1.29, 1.82) is 0 Å². The van der Waals surface area contributed by atoms with Gasteiger partial charge in [0.05, 0.1) is 13.0 Å². The van der Waals surface area contributed by atoms with Gasteiger partial charge in [-0.3, -0.25) is 9.59 Å². The lowest BCUT2D eigenvalue weighted by molar-refractivity contribution is -0.151. The number of hydrogen-bond acceptors (Lipinski definition) is 3. The third kappa shape index (κ3) is 4.88. The first-order valence-electron chi connectivity index (χ1n) is 3.74. The molecule has 0 aromatic heterocycles. The van der Waals surface area contributed by atoms with E-state index in [4.69, 9.17) is 39.9 Å². The molecule has 4 nitrogen and oxygen atoms in total. The van der Waals surface area contributed by atoms with Gasteiger partial charge in [-0.25, -0.2) is 0 Å². The summed E-state index contributed by atoms with van der Waals surface area (Å²) < 4.78 is 2.52. The van der Waals surface area contributed by atoms with E-state index in [-0.39, 0.29) is 6.61 Å². The molecule has 0 aliphatic rings. The Morgan fingerprint density at radius 3 is 2.21 bits per heavy atom. The van der Waals surface area contributed by atoms with Crippen LogP contribution in [0.1, 0.15) is 13.3 Å². The summed E-state index contributed by atoms with van der Waals surface area (Å²) in [6.45, 7) is 1.76. The molecular formula is C7H9Cl3O4. The Kier molecular flexibility index (Phi) is 5.56. The number of rotatable bonds is 4. The standard InChI is InChI=1S/C7H9Cl3O4/c1-2-14-5(11)3-4(6(12)13)7(8,9)10/h4H,2-3H2,1H3,(H,12,13). The molecule has 0 aliphatic carbocycles. The maximum Gasteiger partial charge on any atom is 0.311 e. The van der Waals surface area contributed by atoms with E-state index in [0.717, 1.165) is 0 Å². The van der Waals surface area contributed by atoms with Crippen molar-refractivity contribution in [2.24, 2.45) is 5.92 Å². The monoisotopic (exact) mass is 262 g/mol. The number of carboxylic acids is 1. The second-order valence-electron chi connectivity index (χ2n) is 2.44. The molecule has 0 rings (SSSR count). The molecule has 1 unspecified atom stereocenters. The van der Waals surface area contributed by atoms with Crippen LogP contribution in [0.4, 0.5) is 0 Å². The Morgan fingerprint density at radius 2 is 1.93 bits per heavy atom. The molecule has 14 heavy (non-hydrogen) atoms. The number of carbonyl (C=O) groups excluding carboxylic acids is 1. The summed E-state index contributed by atoms with van der Waals surface area (Å²) >= 11 is 16.1. The summed E-state index contributed by atoms with van der Waals surface area (Å²) in [4.78, 5) is 21.6. The number of hydrogen-bond donors (Lipinski definition) is 1. The summed E-state index contributed by atoms with van der Waals surface area (Å²) in [7, 11) is 0. The summed E-state index contributed by atoms with van der Waals surface area (Å²) in [6.07, 6.45) is -0.459. The highest BCUT2D eigenvalue weighted by Gasteiger charge is 2.40. The highest BCUT2D eigenvalue weighted by Crippen LogP contribution is 2.37. The van der Waals surface area contributed by atoms with Crippen LogP contribution < -0.4 is 0 Å². The van der Waals surface area contributed by atoms with Crippen molar-refractivity contribution in [2.45, 2.75) is 17.1 Å². The van der Waals surface area contributed by atoms with Crippen molar-refractivity contribution in [3.63, 3.8) is 0 Å². The molecule has 0 fully saturated rings. The number of halogens is 3. The van der Waals surface area contributed by atoms with Crippen LogP contribution in [0, 0.1) is 5.92 Å². The fraction of sp³-hybridized carbons (Fsp3) is 0.714. The van der Waals surface area contributed by atoms with E-state index in [1.54, 1.807) is 6.92 Å². The quantitative estimate of drug-likeness (QED) is 0.622. The number of carbonyl (C=O) groups is 2. The maximum absolute atomic E-state index is 10.9. The van der Waals surface area contributed by atoms with Gasteiger partial charge >= 0.3 is 11.9 Å². The highest BCUT2D eigenvalue weighted by molar-refractivity contribution is 6.68. The summed E-state index contributed by atoms with van der Waals surface area (Å²) in [5.74, 6) is -3.45. The molecule has 0 saturated heterocycles. The van der Waals surface area contributed by atoms with E-state index in [0.29, 0.717) is 0 Å². The Bertz CT molecular complexity index is 223. The van der Waals surface area contributed by atoms with E-state index in [9.17, 15) is 9.59 Å². The Morgan fingerprint density at radius 1 is 1.43 bits per heavy atom. The van der Waals surface area contributed by atoms with Crippen LogP contribution in [0.25, 0.3) is 0 Å². The van der Waals surface area contributed by atoms with Crippen molar-refractivity contribution in [2.75, 3.05) is 6.61 Å².